The van der Waals surface area contributed by atoms with E-state index in [0.29, 0.717) is 0 Å². The van der Waals surface area contributed by atoms with Crippen LogP contribution in [0.5, 0.6) is 0 Å². The molecule has 88 valence electrons. The molecule has 1 aliphatic rings. The molecule has 1 fully saturated rings. The third-order valence-electron chi connectivity index (χ3n) is 2.34. The number of hydrogen-bond acceptors (Lipinski definition) is 3. The minimum absolute atomic E-state index is 0.0243. The van der Waals surface area contributed by atoms with Crippen molar-refractivity contribution < 1.29 is 9.47 Å². The molecule has 0 bridgehead atoms. The molecule has 2 nitrogen and oxygen atoms in total. The van der Waals surface area contributed by atoms with E-state index < -0.39 is 0 Å². The molecule has 1 heterocycles. The zero-order valence-electron chi connectivity index (χ0n) is 9.02. The lowest BCUT2D eigenvalue weighted by molar-refractivity contribution is -0.178. The van der Waals surface area contributed by atoms with E-state index in [9.17, 15) is 0 Å². The first kappa shape index (κ1) is 12.2. The highest BCUT2D eigenvalue weighted by molar-refractivity contribution is 7.99. The first-order chi connectivity index (χ1) is 7.86. The molecule has 0 saturated carbocycles. The molecule has 2 rings (SSSR count). The molecule has 1 aromatic rings. The summed E-state index contributed by atoms with van der Waals surface area (Å²) in [7, 11) is 0. The van der Waals surface area contributed by atoms with Gasteiger partial charge in [0.1, 0.15) is 0 Å². The molecule has 0 amide bonds. The van der Waals surface area contributed by atoms with E-state index in [1.54, 1.807) is 11.8 Å². The fourth-order valence-electron chi connectivity index (χ4n) is 1.53. The van der Waals surface area contributed by atoms with E-state index in [4.69, 9.17) is 21.1 Å². The van der Waals surface area contributed by atoms with Crippen LogP contribution in [-0.4, -0.2) is 25.3 Å². The summed E-state index contributed by atoms with van der Waals surface area (Å²) in [4.78, 5) is 1.12. The molecule has 1 saturated heterocycles. The Labute approximate surface area is 105 Å². The quantitative estimate of drug-likeness (QED) is 0.769. The predicted molar refractivity (Wildman–Crippen MR) is 67.1 cm³/mol. The maximum Gasteiger partial charge on any atom is 0.158 e. The van der Waals surface area contributed by atoms with E-state index in [1.807, 2.05) is 24.3 Å². The van der Waals surface area contributed by atoms with Gasteiger partial charge in [0, 0.05) is 17.1 Å². The fourth-order valence-corrected chi connectivity index (χ4v) is 2.74. The van der Waals surface area contributed by atoms with Crippen LogP contribution in [0.2, 0.25) is 5.02 Å². The van der Waals surface area contributed by atoms with Gasteiger partial charge < -0.3 is 9.47 Å². The highest BCUT2D eigenvalue weighted by Gasteiger charge is 2.13. The molecule has 0 aromatic heterocycles. The summed E-state index contributed by atoms with van der Waals surface area (Å²) < 4.78 is 11.0. The molecule has 1 aromatic carbocycles. The summed E-state index contributed by atoms with van der Waals surface area (Å²) in [5.41, 5.74) is 0. The minimum Gasteiger partial charge on any atom is -0.353 e. The summed E-state index contributed by atoms with van der Waals surface area (Å²) in [6.07, 6.45) is 1.90. The molecule has 0 unspecified atom stereocenters. The Kier molecular flexibility index (Phi) is 4.97. The molecular formula is C12H15ClO2S. The van der Waals surface area contributed by atoms with Crippen LogP contribution in [0, 0.1) is 0 Å². The molecule has 0 radical (unpaired) electrons. The molecule has 16 heavy (non-hydrogen) atoms. The van der Waals surface area contributed by atoms with Gasteiger partial charge in [-0.25, -0.2) is 0 Å². The zero-order chi connectivity index (χ0) is 11.2. The summed E-state index contributed by atoms with van der Waals surface area (Å²) in [6, 6.07) is 7.90. The van der Waals surface area contributed by atoms with Gasteiger partial charge in [0.15, 0.2) is 6.29 Å². The summed E-state index contributed by atoms with van der Waals surface area (Å²) in [5.74, 6) is 0.967. The zero-order valence-corrected chi connectivity index (χ0v) is 10.6. The van der Waals surface area contributed by atoms with Crippen molar-refractivity contribution in [1.29, 1.82) is 0 Å². The number of benzene rings is 1. The van der Waals surface area contributed by atoms with Gasteiger partial charge in [-0.1, -0.05) is 23.7 Å². The van der Waals surface area contributed by atoms with Crippen LogP contribution < -0.4 is 0 Å². The molecule has 4 heteroatoms. The Morgan fingerprint density at radius 3 is 2.75 bits per heavy atom. The van der Waals surface area contributed by atoms with Gasteiger partial charge in [-0.15, -0.1) is 11.8 Å². The number of hydrogen-bond donors (Lipinski definition) is 0. The Hall–Kier alpha value is -0.220. The van der Waals surface area contributed by atoms with Crippen LogP contribution >= 0.6 is 23.4 Å². The van der Waals surface area contributed by atoms with E-state index in [-0.39, 0.29) is 6.29 Å². The van der Waals surface area contributed by atoms with Crippen LogP contribution in [-0.2, 0) is 9.47 Å². The van der Waals surface area contributed by atoms with Gasteiger partial charge in [0.2, 0.25) is 0 Å². The Morgan fingerprint density at radius 2 is 2.00 bits per heavy atom. The average Bonchev–Trinajstić information content (AvgIpc) is 2.33. The first-order valence-corrected chi connectivity index (χ1v) is 6.83. The van der Waals surface area contributed by atoms with E-state index in [2.05, 4.69) is 0 Å². The normalized spacial score (nSPS) is 17.6. The van der Waals surface area contributed by atoms with Gasteiger partial charge in [0.25, 0.3) is 0 Å². The SMILES string of the molecule is Clc1ccccc1SCCC1OCCCO1. The molecule has 0 N–H and O–H groups in total. The van der Waals surface area contributed by atoms with Gasteiger partial charge in [-0.3, -0.25) is 0 Å². The second kappa shape index (κ2) is 6.50. The highest BCUT2D eigenvalue weighted by atomic mass is 35.5. The number of ether oxygens (including phenoxy) is 2. The highest BCUT2D eigenvalue weighted by Crippen LogP contribution is 2.27. The number of thioether (sulfide) groups is 1. The monoisotopic (exact) mass is 258 g/mol. The Bertz CT molecular complexity index is 327. The number of halogens is 1. The van der Waals surface area contributed by atoms with Crippen molar-refractivity contribution in [2.24, 2.45) is 0 Å². The third kappa shape index (κ3) is 3.67. The van der Waals surface area contributed by atoms with Crippen LogP contribution in [0.3, 0.4) is 0 Å². The lowest BCUT2D eigenvalue weighted by Gasteiger charge is -2.22. The molecule has 0 aliphatic carbocycles. The Morgan fingerprint density at radius 1 is 1.25 bits per heavy atom. The van der Waals surface area contributed by atoms with Crippen LogP contribution in [0.15, 0.2) is 29.2 Å². The smallest absolute Gasteiger partial charge is 0.158 e. The third-order valence-corrected chi connectivity index (χ3v) is 3.89. The van der Waals surface area contributed by atoms with Crippen molar-refractivity contribution in [2.45, 2.75) is 24.0 Å². The first-order valence-electron chi connectivity index (χ1n) is 5.47. The summed E-state index contributed by atoms with van der Waals surface area (Å²) in [5, 5.41) is 0.818. The summed E-state index contributed by atoms with van der Waals surface area (Å²) >= 11 is 7.81. The summed E-state index contributed by atoms with van der Waals surface area (Å²) in [6.45, 7) is 1.64. The van der Waals surface area contributed by atoms with E-state index in [1.165, 1.54) is 0 Å². The maximum absolute atomic E-state index is 6.06. The number of rotatable bonds is 4. The van der Waals surface area contributed by atoms with Crippen molar-refractivity contribution in [3.05, 3.63) is 29.3 Å². The van der Waals surface area contributed by atoms with E-state index >= 15 is 0 Å². The van der Waals surface area contributed by atoms with Crippen molar-refractivity contribution in [2.75, 3.05) is 19.0 Å². The average molecular weight is 259 g/mol. The van der Waals surface area contributed by atoms with Gasteiger partial charge in [-0.05, 0) is 18.6 Å². The van der Waals surface area contributed by atoms with Gasteiger partial charge in [0.05, 0.1) is 18.2 Å². The van der Waals surface area contributed by atoms with Crippen LogP contribution in [0.1, 0.15) is 12.8 Å². The van der Waals surface area contributed by atoms with Crippen molar-refractivity contribution in [3.8, 4) is 0 Å². The Balaban J connectivity index is 1.73. The second-order valence-corrected chi connectivity index (χ2v) is 5.14. The standard InChI is InChI=1S/C12H15ClO2S/c13-10-4-1-2-5-11(10)16-9-6-12-14-7-3-8-15-12/h1-2,4-5,12H,3,6-9H2. The van der Waals surface area contributed by atoms with Crippen molar-refractivity contribution in [1.82, 2.24) is 0 Å². The topological polar surface area (TPSA) is 18.5 Å². The minimum atomic E-state index is -0.0243. The lowest BCUT2D eigenvalue weighted by atomic mass is 10.4. The lowest BCUT2D eigenvalue weighted by Crippen LogP contribution is -2.25. The fraction of sp³-hybridized carbons (Fsp3) is 0.500. The van der Waals surface area contributed by atoms with Crippen LogP contribution in [0.4, 0.5) is 0 Å². The second-order valence-electron chi connectivity index (χ2n) is 3.59. The van der Waals surface area contributed by atoms with E-state index in [0.717, 1.165) is 41.7 Å². The van der Waals surface area contributed by atoms with Gasteiger partial charge >= 0.3 is 0 Å². The maximum atomic E-state index is 6.06. The van der Waals surface area contributed by atoms with Crippen molar-refractivity contribution >= 4 is 23.4 Å². The molecule has 1 aliphatic heterocycles. The molecule has 0 spiro atoms. The van der Waals surface area contributed by atoms with Crippen LogP contribution in [0.25, 0.3) is 0 Å². The van der Waals surface area contributed by atoms with Gasteiger partial charge in [-0.2, -0.15) is 0 Å². The molecule has 0 atom stereocenters. The largest absolute Gasteiger partial charge is 0.353 e. The molecular weight excluding hydrogens is 244 g/mol. The van der Waals surface area contributed by atoms with Crippen molar-refractivity contribution in [3.63, 3.8) is 0 Å². The predicted octanol–water partition coefficient (Wildman–Crippen LogP) is 3.59.